The molecule has 0 atom stereocenters. The molecule has 0 unspecified atom stereocenters. The zero-order valence-electron chi connectivity index (χ0n) is 8.25. The van der Waals surface area contributed by atoms with E-state index in [0.717, 1.165) is 17.9 Å². The van der Waals surface area contributed by atoms with Crippen molar-refractivity contribution in [3.05, 3.63) is 29.7 Å². The number of oxime groups is 1. The molecule has 2 aromatic rings. The van der Waals surface area contributed by atoms with Gasteiger partial charge in [-0.15, -0.1) is 10.2 Å². The number of rotatable bonds is 2. The second kappa shape index (κ2) is 3.56. The number of aromatic nitrogens is 3. The van der Waals surface area contributed by atoms with Crippen LogP contribution in [0.5, 0.6) is 0 Å². The third-order valence-electron chi connectivity index (χ3n) is 2.19. The Bertz CT molecular complexity index is 516. The molecule has 0 bridgehead atoms. The van der Waals surface area contributed by atoms with Gasteiger partial charge in [-0.2, -0.15) is 0 Å². The van der Waals surface area contributed by atoms with Gasteiger partial charge in [-0.25, -0.2) is 0 Å². The smallest absolute Gasteiger partial charge is 0.171 e. The molecule has 78 valence electrons. The van der Waals surface area contributed by atoms with Crippen LogP contribution in [-0.2, 0) is 6.42 Å². The summed E-state index contributed by atoms with van der Waals surface area (Å²) in [4.78, 5) is 0. The fraction of sp³-hybridized carbons (Fsp3) is 0.222. The number of hydrogen-bond acceptors (Lipinski definition) is 4. The fourth-order valence-corrected chi connectivity index (χ4v) is 1.39. The molecule has 2 rings (SSSR count). The third kappa shape index (κ3) is 1.50. The van der Waals surface area contributed by atoms with Crippen LogP contribution in [0.4, 0.5) is 0 Å². The zero-order valence-corrected chi connectivity index (χ0v) is 8.25. The van der Waals surface area contributed by atoms with Crippen molar-refractivity contribution in [3.63, 3.8) is 0 Å². The first kappa shape index (κ1) is 9.45. The Morgan fingerprint density at radius 3 is 3.00 bits per heavy atom. The number of amidine groups is 1. The molecule has 0 radical (unpaired) electrons. The summed E-state index contributed by atoms with van der Waals surface area (Å²) in [5, 5.41) is 19.5. The minimum atomic E-state index is 0.0765. The average Bonchev–Trinajstić information content (AvgIpc) is 2.69. The molecule has 0 saturated heterocycles. The van der Waals surface area contributed by atoms with Gasteiger partial charge < -0.3 is 10.9 Å². The van der Waals surface area contributed by atoms with Gasteiger partial charge in [0.25, 0.3) is 0 Å². The lowest BCUT2D eigenvalue weighted by Crippen LogP contribution is -2.13. The largest absolute Gasteiger partial charge is 0.409 e. The molecule has 0 fully saturated rings. The van der Waals surface area contributed by atoms with E-state index >= 15 is 0 Å². The number of fused-ring (bicyclic) bond motifs is 1. The van der Waals surface area contributed by atoms with Gasteiger partial charge in [-0.1, -0.05) is 12.1 Å². The van der Waals surface area contributed by atoms with E-state index in [9.17, 15) is 0 Å². The molecule has 0 aliphatic carbocycles. The molecular formula is C9H11N5O. The van der Waals surface area contributed by atoms with Crippen LogP contribution in [0.2, 0.25) is 0 Å². The van der Waals surface area contributed by atoms with Crippen molar-refractivity contribution in [1.29, 1.82) is 0 Å². The number of nitrogens with zero attached hydrogens (tertiary/aromatic N) is 4. The maximum Gasteiger partial charge on any atom is 0.171 e. The highest BCUT2D eigenvalue weighted by Gasteiger charge is 2.05. The van der Waals surface area contributed by atoms with Crippen LogP contribution >= 0.6 is 0 Å². The van der Waals surface area contributed by atoms with Crippen molar-refractivity contribution in [2.45, 2.75) is 13.3 Å². The molecule has 2 aromatic heterocycles. The highest BCUT2D eigenvalue weighted by atomic mass is 16.4. The average molecular weight is 205 g/mol. The Labute approximate surface area is 86.0 Å². The Hall–Kier alpha value is -2.11. The van der Waals surface area contributed by atoms with Gasteiger partial charge in [0.1, 0.15) is 5.82 Å². The standard InChI is InChI=1S/C9H11N5O/c1-2-7-11-12-8-4-3-6(5-14(7)8)9(10)13-15/h3-5,15H,2H2,1H3,(H2,10,13). The Morgan fingerprint density at radius 2 is 2.33 bits per heavy atom. The molecule has 0 aliphatic rings. The number of hydrogen-bond donors (Lipinski definition) is 2. The summed E-state index contributed by atoms with van der Waals surface area (Å²) in [6.07, 6.45) is 2.53. The van der Waals surface area contributed by atoms with E-state index in [1.807, 2.05) is 11.3 Å². The van der Waals surface area contributed by atoms with Gasteiger partial charge in [0.05, 0.1) is 0 Å². The van der Waals surface area contributed by atoms with Crippen molar-refractivity contribution < 1.29 is 5.21 Å². The van der Waals surface area contributed by atoms with E-state index in [0.29, 0.717) is 5.56 Å². The molecule has 0 aromatic carbocycles. The number of aryl methyl sites for hydroxylation is 1. The van der Waals surface area contributed by atoms with Crippen LogP contribution in [0.25, 0.3) is 5.65 Å². The first-order chi connectivity index (χ1) is 7.26. The highest BCUT2D eigenvalue weighted by molar-refractivity contribution is 5.96. The van der Waals surface area contributed by atoms with Gasteiger partial charge in [0, 0.05) is 18.2 Å². The fourth-order valence-electron chi connectivity index (χ4n) is 1.39. The van der Waals surface area contributed by atoms with E-state index < -0.39 is 0 Å². The van der Waals surface area contributed by atoms with E-state index in [4.69, 9.17) is 10.9 Å². The molecule has 0 amide bonds. The second-order valence-electron chi connectivity index (χ2n) is 3.10. The Kier molecular flexibility index (Phi) is 2.24. The van der Waals surface area contributed by atoms with E-state index in [1.54, 1.807) is 18.3 Å². The molecule has 0 spiro atoms. The van der Waals surface area contributed by atoms with E-state index in [-0.39, 0.29) is 5.84 Å². The summed E-state index contributed by atoms with van der Waals surface area (Å²) in [7, 11) is 0. The van der Waals surface area contributed by atoms with Crippen LogP contribution < -0.4 is 5.73 Å². The summed E-state index contributed by atoms with van der Waals surface area (Å²) in [5.41, 5.74) is 6.88. The quantitative estimate of drug-likeness (QED) is 0.321. The predicted octanol–water partition coefficient (Wildman–Crippen LogP) is 0.386. The first-order valence-electron chi connectivity index (χ1n) is 4.57. The summed E-state index contributed by atoms with van der Waals surface area (Å²) in [5.74, 6) is 0.922. The molecule has 6 heteroatoms. The molecule has 3 N–H and O–H groups in total. The van der Waals surface area contributed by atoms with Crippen molar-refractivity contribution in [2.24, 2.45) is 10.9 Å². The maximum atomic E-state index is 8.56. The molecule has 0 aliphatic heterocycles. The minimum absolute atomic E-state index is 0.0765. The number of pyridine rings is 1. The second-order valence-corrected chi connectivity index (χ2v) is 3.10. The molecule has 0 saturated carbocycles. The van der Waals surface area contributed by atoms with Crippen LogP contribution in [0.3, 0.4) is 0 Å². The predicted molar refractivity (Wildman–Crippen MR) is 54.9 cm³/mol. The van der Waals surface area contributed by atoms with Crippen LogP contribution in [-0.4, -0.2) is 25.6 Å². The summed E-state index contributed by atoms with van der Waals surface area (Å²) >= 11 is 0. The van der Waals surface area contributed by atoms with Gasteiger partial charge in [0.2, 0.25) is 0 Å². The maximum absolute atomic E-state index is 8.56. The van der Waals surface area contributed by atoms with Crippen molar-refractivity contribution in [2.75, 3.05) is 0 Å². The zero-order chi connectivity index (χ0) is 10.8. The molecule has 6 nitrogen and oxygen atoms in total. The van der Waals surface area contributed by atoms with Crippen molar-refractivity contribution in [3.8, 4) is 0 Å². The van der Waals surface area contributed by atoms with Gasteiger partial charge in [-0.05, 0) is 12.1 Å². The van der Waals surface area contributed by atoms with Crippen LogP contribution in [0, 0.1) is 0 Å². The minimum Gasteiger partial charge on any atom is -0.409 e. The highest BCUT2D eigenvalue weighted by Crippen LogP contribution is 2.07. The topological polar surface area (TPSA) is 88.8 Å². The third-order valence-corrected chi connectivity index (χ3v) is 2.19. The van der Waals surface area contributed by atoms with Crippen molar-refractivity contribution >= 4 is 11.5 Å². The first-order valence-corrected chi connectivity index (χ1v) is 4.57. The summed E-state index contributed by atoms with van der Waals surface area (Å²) < 4.78 is 1.83. The van der Waals surface area contributed by atoms with Gasteiger partial charge in [0.15, 0.2) is 11.5 Å². The Morgan fingerprint density at radius 1 is 1.53 bits per heavy atom. The number of nitrogens with two attached hydrogens (primary N) is 1. The Balaban J connectivity index is 2.62. The molecule has 15 heavy (non-hydrogen) atoms. The lowest BCUT2D eigenvalue weighted by Gasteiger charge is -2.00. The monoisotopic (exact) mass is 205 g/mol. The van der Waals surface area contributed by atoms with Crippen molar-refractivity contribution in [1.82, 2.24) is 14.6 Å². The lowest BCUT2D eigenvalue weighted by molar-refractivity contribution is 0.318. The van der Waals surface area contributed by atoms with E-state index in [1.165, 1.54) is 0 Å². The van der Waals surface area contributed by atoms with E-state index in [2.05, 4.69) is 15.4 Å². The molecular weight excluding hydrogens is 194 g/mol. The molecule has 2 heterocycles. The summed E-state index contributed by atoms with van der Waals surface area (Å²) in [6.45, 7) is 1.99. The SMILES string of the molecule is CCc1nnc2ccc(/C(N)=N\O)cn12. The van der Waals surface area contributed by atoms with Crippen LogP contribution in [0.15, 0.2) is 23.5 Å². The van der Waals surface area contributed by atoms with Crippen LogP contribution in [0.1, 0.15) is 18.3 Å². The van der Waals surface area contributed by atoms with Gasteiger partial charge in [-0.3, -0.25) is 4.40 Å². The summed E-state index contributed by atoms with van der Waals surface area (Å²) in [6, 6.07) is 3.51. The normalized spacial score (nSPS) is 12.2. The van der Waals surface area contributed by atoms with Gasteiger partial charge >= 0.3 is 0 Å². The lowest BCUT2D eigenvalue weighted by atomic mass is 10.2.